The fourth-order valence-corrected chi connectivity index (χ4v) is 4.05. The number of hydrogen-bond donors (Lipinski definition) is 0. The van der Waals surface area contributed by atoms with Gasteiger partial charge in [0.05, 0.1) is 0 Å². The zero-order valence-corrected chi connectivity index (χ0v) is 16.8. The number of fused-ring (bicyclic) bond motifs is 1. The van der Waals surface area contributed by atoms with Gasteiger partial charge in [-0.1, -0.05) is 30.3 Å². The van der Waals surface area contributed by atoms with E-state index in [-0.39, 0.29) is 5.91 Å². The maximum atomic E-state index is 13.1. The van der Waals surface area contributed by atoms with Crippen LogP contribution in [0.2, 0.25) is 0 Å². The summed E-state index contributed by atoms with van der Waals surface area (Å²) < 4.78 is 1.75. The highest BCUT2D eigenvalue weighted by Crippen LogP contribution is 2.19. The van der Waals surface area contributed by atoms with Crippen molar-refractivity contribution in [1.82, 2.24) is 24.4 Å². The number of aromatic nitrogens is 3. The van der Waals surface area contributed by atoms with Crippen LogP contribution in [0.5, 0.6) is 0 Å². The molecule has 0 aliphatic carbocycles. The van der Waals surface area contributed by atoms with Gasteiger partial charge in [0.2, 0.25) is 0 Å². The lowest BCUT2D eigenvalue weighted by molar-refractivity contribution is 0.0596. The van der Waals surface area contributed by atoms with Crippen molar-refractivity contribution in [3.05, 3.63) is 65.1 Å². The number of carbonyl (C=O) groups excluding carboxylic acids is 1. The topological polar surface area (TPSA) is 53.7 Å². The van der Waals surface area contributed by atoms with Crippen LogP contribution in [0, 0.1) is 13.8 Å². The van der Waals surface area contributed by atoms with Crippen LogP contribution in [-0.4, -0.2) is 56.5 Å². The van der Waals surface area contributed by atoms with Gasteiger partial charge >= 0.3 is 0 Å². The number of amides is 1. The Hall–Kier alpha value is -2.73. The molecule has 1 unspecified atom stereocenters. The summed E-state index contributed by atoms with van der Waals surface area (Å²) in [6.45, 7) is 6.36. The zero-order valence-electron chi connectivity index (χ0n) is 16.8. The zero-order chi connectivity index (χ0) is 19.7. The summed E-state index contributed by atoms with van der Waals surface area (Å²) in [5, 5.41) is 4.52. The summed E-state index contributed by atoms with van der Waals surface area (Å²) in [5.41, 5.74) is 4.43. The van der Waals surface area contributed by atoms with Crippen LogP contribution in [0.4, 0.5) is 0 Å². The summed E-state index contributed by atoms with van der Waals surface area (Å²) in [6, 6.07) is 14.6. The van der Waals surface area contributed by atoms with Gasteiger partial charge in [-0.2, -0.15) is 5.10 Å². The van der Waals surface area contributed by atoms with E-state index in [9.17, 15) is 4.79 Å². The molecule has 1 aromatic carbocycles. The lowest BCUT2D eigenvalue weighted by Crippen LogP contribution is -2.48. The highest BCUT2D eigenvalue weighted by atomic mass is 16.2. The lowest BCUT2D eigenvalue weighted by Gasteiger charge is -2.37. The van der Waals surface area contributed by atoms with Crippen LogP contribution in [0.1, 0.15) is 40.3 Å². The summed E-state index contributed by atoms with van der Waals surface area (Å²) in [4.78, 5) is 21.9. The second kappa shape index (κ2) is 7.72. The van der Waals surface area contributed by atoms with Crippen LogP contribution in [0.25, 0.3) is 5.65 Å². The van der Waals surface area contributed by atoms with Crippen LogP contribution in [-0.2, 0) is 6.54 Å². The first-order valence-electron chi connectivity index (χ1n) is 9.89. The molecule has 28 heavy (non-hydrogen) atoms. The quantitative estimate of drug-likeness (QED) is 0.701. The Bertz CT molecular complexity index is 981. The van der Waals surface area contributed by atoms with E-state index in [1.54, 1.807) is 10.6 Å². The van der Waals surface area contributed by atoms with Crippen LogP contribution in [0.3, 0.4) is 0 Å². The fraction of sp³-hybridized carbons (Fsp3) is 0.409. The Morgan fingerprint density at radius 1 is 1.21 bits per heavy atom. The Labute approximate surface area is 165 Å². The molecule has 1 aliphatic rings. The molecule has 0 spiro atoms. The predicted molar refractivity (Wildman–Crippen MR) is 109 cm³/mol. The first kappa shape index (κ1) is 18.6. The van der Waals surface area contributed by atoms with Crippen LogP contribution in [0.15, 0.2) is 42.5 Å². The highest BCUT2D eigenvalue weighted by molar-refractivity contribution is 5.93. The molecule has 1 fully saturated rings. The molecule has 0 N–H and O–H groups in total. The van der Waals surface area contributed by atoms with Gasteiger partial charge in [0.15, 0.2) is 11.3 Å². The first-order chi connectivity index (χ1) is 13.5. The van der Waals surface area contributed by atoms with Crippen LogP contribution >= 0.6 is 0 Å². The summed E-state index contributed by atoms with van der Waals surface area (Å²) in [5.74, 6) is 0.000337. The lowest BCUT2D eigenvalue weighted by atomic mass is 10.0. The Morgan fingerprint density at radius 2 is 2.00 bits per heavy atom. The van der Waals surface area contributed by atoms with E-state index in [0.29, 0.717) is 11.7 Å². The van der Waals surface area contributed by atoms with Crippen molar-refractivity contribution in [2.45, 2.75) is 39.3 Å². The maximum Gasteiger partial charge on any atom is 0.274 e. The molecule has 3 aromatic rings. The molecule has 1 amide bonds. The SMILES string of the molecule is Cc1cc(C)n2nc(C(=O)N3CCCC(N(C)Cc4ccccc4)C3)cc2n1. The van der Waals surface area contributed by atoms with E-state index in [2.05, 4.69) is 46.3 Å². The third-order valence-corrected chi connectivity index (χ3v) is 5.53. The number of rotatable bonds is 4. The molecule has 1 atom stereocenters. The molecule has 0 bridgehead atoms. The summed E-state index contributed by atoms with van der Waals surface area (Å²) in [7, 11) is 2.15. The standard InChI is InChI=1S/C22H27N5O/c1-16-12-17(2)27-21(23-16)13-20(24-27)22(28)26-11-7-10-19(15-26)25(3)14-18-8-5-4-6-9-18/h4-6,8-9,12-13,19H,7,10-11,14-15H2,1-3H3. The average Bonchev–Trinajstić information content (AvgIpc) is 3.12. The number of likely N-dealkylation sites (N-methyl/N-ethyl adjacent to an activating group) is 1. The van der Waals surface area contributed by atoms with Crippen molar-refractivity contribution in [3.63, 3.8) is 0 Å². The molecule has 0 radical (unpaired) electrons. The van der Waals surface area contributed by atoms with E-state index >= 15 is 0 Å². The van der Waals surface area contributed by atoms with E-state index in [1.165, 1.54) is 5.56 Å². The third-order valence-electron chi connectivity index (χ3n) is 5.53. The number of nitrogens with zero attached hydrogens (tertiary/aromatic N) is 5. The van der Waals surface area contributed by atoms with Gasteiger partial charge in [-0.15, -0.1) is 0 Å². The van der Waals surface area contributed by atoms with E-state index < -0.39 is 0 Å². The maximum absolute atomic E-state index is 13.1. The third kappa shape index (κ3) is 3.78. The molecule has 4 rings (SSSR count). The van der Waals surface area contributed by atoms with E-state index in [0.717, 1.165) is 49.5 Å². The number of aryl methyl sites for hydroxylation is 2. The number of hydrogen-bond acceptors (Lipinski definition) is 4. The minimum absolute atomic E-state index is 0.000337. The van der Waals surface area contributed by atoms with E-state index in [4.69, 9.17) is 0 Å². The minimum Gasteiger partial charge on any atom is -0.336 e. The second-order valence-electron chi connectivity index (χ2n) is 7.79. The van der Waals surface area contributed by atoms with Gasteiger partial charge < -0.3 is 4.90 Å². The highest BCUT2D eigenvalue weighted by Gasteiger charge is 2.28. The Balaban J connectivity index is 1.48. The molecule has 6 heteroatoms. The van der Waals surface area contributed by atoms with Crippen molar-refractivity contribution in [2.24, 2.45) is 0 Å². The smallest absolute Gasteiger partial charge is 0.274 e. The molecule has 146 valence electrons. The van der Waals surface area contributed by atoms with Crippen LogP contribution < -0.4 is 0 Å². The molecule has 0 saturated carbocycles. The molecular weight excluding hydrogens is 350 g/mol. The van der Waals surface area contributed by atoms with Crippen molar-refractivity contribution in [1.29, 1.82) is 0 Å². The monoisotopic (exact) mass is 377 g/mol. The summed E-state index contributed by atoms with van der Waals surface area (Å²) >= 11 is 0. The van der Waals surface area contributed by atoms with Gasteiger partial charge in [0, 0.05) is 43.1 Å². The van der Waals surface area contributed by atoms with Gasteiger partial charge in [0.1, 0.15) is 0 Å². The minimum atomic E-state index is 0.000337. The van der Waals surface area contributed by atoms with E-state index in [1.807, 2.05) is 30.9 Å². The molecular formula is C22H27N5O. The second-order valence-corrected chi connectivity index (χ2v) is 7.79. The Morgan fingerprint density at radius 3 is 2.79 bits per heavy atom. The number of piperidine rings is 1. The normalized spacial score (nSPS) is 17.4. The molecule has 1 saturated heterocycles. The predicted octanol–water partition coefficient (Wildman–Crippen LogP) is 3.08. The average molecular weight is 377 g/mol. The van der Waals surface area contributed by atoms with Crippen molar-refractivity contribution < 1.29 is 4.79 Å². The number of benzene rings is 1. The fourth-order valence-electron chi connectivity index (χ4n) is 4.05. The van der Waals surface area contributed by atoms with Gasteiger partial charge in [0.25, 0.3) is 5.91 Å². The molecule has 1 aliphatic heterocycles. The number of carbonyl (C=O) groups is 1. The molecule has 6 nitrogen and oxygen atoms in total. The number of likely N-dealkylation sites (tertiary alicyclic amines) is 1. The van der Waals surface area contributed by atoms with Crippen molar-refractivity contribution >= 4 is 11.6 Å². The van der Waals surface area contributed by atoms with Gasteiger partial charge in [-0.3, -0.25) is 9.69 Å². The van der Waals surface area contributed by atoms with Crippen molar-refractivity contribution in [2.75, 3.05) is 20.1 Å². The largest absolute Gasteiger partial charge is 0.336 e. The molecule has 3 heterocycles. The van der Waals surface area contributed by atoms with Gasteiger partial charge in [-0.25, -0.2) is 9.50 Å². The Kier molecular flexibility index (Phi) is 5.13. The summed E-state index contributed by atoms with van der Waals surface area (Å²) in [6.07, 6.45) is 2.12. The van der Waals surface area contributed by atoms with Crippen molar-refractivity contribution in [3.8, 4) is 0 Å². The first-order valence-corrected chi connectivity index (χ1v) is 9.89. The molecule has 2 aromatic heterocycles. The van der Waals surface area contributed by atoms with Gasteiger partial charge in [-0.05, 0) is 45.4 Å².